The highest BCUT2D eigenvalue weighted by Crippen LogP contribution is 2.23. The Morgan fingerprint density at radius 3 is 3.00 bits per heavy atom. The number of rotatable bonds is 6. The van der Waals surface area contributed by atoms with Crippen LogP contribution in [0.4, 0.5) is 0 Å². The lowest BCUT2D eigenvalue weighted by Gasteiger charge is -2.03. The molecule has 2 aromatic heterocycles. The summed E-state index contributed by atoms with van der Waals surface area (Å²) in [6.45, 7) is 0. The van der Waals surface area contributed by atoms with Crippen molar-refractivity contribution in [3.63, 3.8) is 0 Å². The second kappa shape index (κ2) is 7.43. The molecular weight excluding hydrogens is 332 g/mol. The summed E-state index contributed by atoms with van der Waals surface area (Å²) in [5.74, 6) is 2.28. The molecule has 3 rings (SSSR count). The fraction of sp³-hybridized carbons (Fsp3) is 0.188. The molecule has 0 aliphatic rings. The number of hydrogen-bond donors (Lipinski definition) is 0. The summed E-state index contributed by atoms with van der Waals surface area (Å²) in [6, 6.07) is 11.3. The number of thioether (sulfide) groups is 1. The molecule has 7 heteroatoms. The molecule has 0 radical (unpaired) electrons. The third-order valence-electron chi connectivity index (χ3n) is 3.05. The molecule has 5 nitrogen and oxygen atoms in total. The Hall–Kier alpha value is -2.12. The van der Waals surface area contributed by atoms with Crippen molar-refractivity contribution in [3.8, 4) is 10.7 Å². The molecule has 0 aliphatic carbocycles. The average Bonchev–Trinajstić information content (AvgIpc) is 3.25. The van der Waals surface area contributed by atoms with Crippen LogP contribution in [-0.2, 0) is 16.2 Å². The monoisotopic (exact) mass is 346 g/mol. The summed E-state index contributed by atoms with van der Waals surface area (Å²) in [7, 11) is 1.38. The summed E-state index contributed by atoms with van der Waals surface area (Å²) in [4.78, 5) is 16.9. The topological polar surface area (TPSA) is 65.2 Å². The molecule has 0 atom stereocenters. The van der Waals surface area contributed by atoms with Crippen LogP contribution in [0, 0.1) is 0 Å². The first-order chi connectivity index (χ1) is 11.3. The normalized spacial score (nSPS) is 10.7. The minimum Gasteiger partial charge on any atom is -0.465 e. The van der Waals surface area contributed by atoms with E-state index in [-0.39, 0.29) is 5.97 Å². The van der Waals surface area contributed by atoms with Gasteiger partial charge in [-0.1, -0.05) is 23.4 Å². The second-order valence-corrected chi connectivity index (χ2v) is 6.61. The van der Waals surface area contributed by atoms with Gasteiger partial charge in [0.05, 0.1) is 23.3 Å². The summed E-state index contributed by atoms with van der Waals surface area (Å²) in [5.41, 5.74) is 1.61. The maximum absolute atomic E-state index is 11.5. The molecule has 0 fully saturated rings. The van der Waals surface area contributed by atoms with Gasteiger partial charge < -0.3 is 9.26 Å². The molecular formula is C16H14N2O3S2. The molecule has 3 aromatic rings. The number of aromatic nitrogens is 2. The van der Waals surface area contributed by atoms with Crippen molar-refractivity contribution in [3.05, 3.63) is 58.8 Å². The Morgan fingerprint density at radius 2 is 2.22 bits per heavy atom. The molecule has 0 aliphatic heterocycles. The van der Waals surface area contributed by atoms with Gasteiger partial charge in [-0.2, -0.15) is 4.98 Å². The van der Waals surface area contributed by atoms with E-state index in [1.165, 1.54) is 7.11 Å². The van der Waals surface area contributed by atoms with E-state index in [9.17, 15) is 4.79 Å². The largest absolute Gasteiger partial charge is 0.465 e. The third-order valence-corrected chi connectivity index (χ3v) is 4.91. The molecule has 0 saturated heterocycles. The zero-order chi connectivity index (χ0) is 16.1. The van der Waals surface area contributed by atoms with Crippen LogP contribution in [0.5, 0.6) is 0 Å². The Morgan fingerprint density at radius 1 is 1.30 bits per heavy atom. The lowest BCUT2D eigenvalue weighted by Crippen LogP contribution is -2.01. The van der Waals surface area contributed by atoms with E-state index < -0.39 is 0 Å². The first-order valence-corrected chi connectivity index (χ1v) is 8.91. The first-order valence-electron chi connectivity index (χ1n) is 6.88. The molecule has 0 unspecified atom stereocenters. The molecule has 23 heavy (non-hydrogen) atoms. The highest BCUT2D eigenvalue weighted by molar-refractivity contribution is 7.97. The summed E-state index contributed by atoms with van der Waals surface area (Å²) < 4.78 is 9.98. The Balaban J connectivity index is 1.56. The number of nitrogens with zero attached hydrogens (tertiary/aromatic N) is 2. The molecule has 1 aromatic carbocycles. The predicted octanol–water partition coefficient (Wildman–Crippen LogP) is 4.02. The highest BCUT2D eigenvalue weighted by atomic mass is 32.2. The number of thiophene rings is 1. The van der Waals surface area contributed by atoms with E-state index >= 15 is 0 Å². The van der Waals surface area contributed by atoms with Gasteiger partial charge in [0.1, 0.15) is 0 Å². The van der Waals surface area contributed by atoms with Gasteiger partial charge in [0.15, 0.2) is 0 Å². The van der Waals surface area contributed by atoms with Crippen molar-refractivity contribution in [2.45, 2.75) is 11.5 Å². The standard InChI is InChI=1S/C16H14N2O3S2/c1-20-16(19)12-5-2-4-11(8-12)9-22-10-14-17-15(18-21-14)13-6-3-7-23-13/h2-8H,9-10H2,1H3. The van der Waals surface area contributed by atoms with Crippen LogP contribution in [0.25, 0.3) is 10.7 Å². The van der Waals surface area contributed by atoms with Gasteiger partial charge in [0.2, 0.25) is 11.7 Å². The number of hydrogen-bond acceptors (Lipinski definition) is 7. The number of benzene rings is 1. The van der Waals surface area contributed by atoms with Crippen molar-refractivity contribution in [2.75, 3.05) is 7.11 Å². The SMILES string of the molecule is COC(=O)c1cccc(CSCc2nc(-c3cccs3)no2)c1. The van der Waals surface area contributed by atoms with Crippen LogP contribution >= 0.6 is 23.1 Å². The zero-order valence-electron chi connectivity index (χ0n) is 12.4. The lowest BCUT2D eigenvalue weighted by molar-refractivity contribution is 0.0600. The number of esters is 1. The van der Waals surface area contributed by atoms with Crippen molar-refractivity contribution in [1.82, 2.24) is 10.1 Å². The van der Waals surface area contributed by atoms with Crippen LogP contribution in [0.3, 0.4) is 0 Å². The molecule has 118 valence electrons. The van der Waals surface area contributed by atoms with Crippen LogP contribution in [0.2, 0.25) is 0 Å². The fourth-order valence-corrected chi connectivity index (χ4v) is 3.44. The van der Waals surface area contributed by atoms with E-state index in [2.05, 4.69) is 10.1 Å². The number of ether oxygens (including phenoxy) is 1. The van der Waals surface area contributed by atoms with Gasteiger partial charge >= 0.3 is 5.97 Å². The fourth-order valence-electron chi connectivity index (χ4n) is 1.98. The van der Waals surface area contributed by atoms with Gasteiger partial charge in [-0.3, -0.25) is 0 Å². The highest BCUT2D eigenvalue weighted by Gasteiger charge is 2.10. The zero-order valence-corrected chi connectivity index (χ0v) is 14.0. The predicted molar refractivity (Wildman–Crippen MR) is 90.4 cm³/mol. The van der Waals surface area contributed by atoms with Crippen molar-refractivity contribution in [1.29, 1.82) is 0 Å². The molecule has 0 N–H and O–H groups in total. The Labute approximate surface area is 141 Å². The van der Waals surface area contributed by atoms with Gasteiger partial charge in [-0.05, 0) is 29.1 Å². The second-order valence-electron chi connectivity index (χ2n) is 4.67. The van der Waals surface area contributed by atoms with E-state index in [0.29, 0.717) is 23.0 Å². The van der Waals surface area contributed by atoms with Gasteiger partial charge in [0.25, 0.3) is 0 Å². The number of carbonyl (C=O) groups excluding carboxylic acids is 1. The summed E-state index contributed by atoms with van der Waals surface area (Å²) >= 11 is 3.23. The van der Waals surface area contributed by atoms with E-state index in [1.807, 2.05) is 35.7 Å². The maximum atomic E-state index is 11.5. The van der Waals surface area contributed by atoms with Crippen molar-refractivity contribution < 1.29 is 14.1 Å². The van der Waals surface area contributed by atoms with Gasteiger partial charge in [-0.25, -0.2) is 4.79 Å². The van der Waals surface area contributed by atoms with Crippen LogP contribution in [0.1, 0.15) is 21.8 Å². The molecule has 0 bridgehead atoms. The summed E-state index contributed by atoms with van der Waals surface area (Å²) in [5, 5.41) is 5.96. The Kier molecular flexibility index (Phi) is 5.09. The van der Waals surface area contributed by atoms with E-state index in [1.54, 1.807) is 29.2 Å². The average molecular weight is 346 g/mol. The molecule has 0 amide bonds. The third kappa shape index (κ3) is 4.00. The summed E-state index contributed by atoms with van der Waals surface area (Å²) in [6.07, 6.45) is 0. The lowest BCUT2D eigenvalue weighted by atomic mass is 10.1. The first kappa shape index (κ1) is 15.8. The Bertz CT molecular complexity index is 784. The van der Waals surface area contributed by atoms with E-state index in [0.717, 1.165) is 16.2 Å². The van der Waals surface area contributed by atoms with Crippen molar-refractivity contribution >= 4 is 29.1 Å². The number of carbonyl (C=O) groups is 1. The minimum absolute atomic E-state index is 0.325. The quantitative estimate of drug-likeness (QED) is 0.628. The maximum Gasteiger partial charge on any atom is 0.337 e. The van der Waals surface area contributed by atoms with Crippen LogP contribution in [0.15, 0.2) is 46.3 Å². The van der Waals surface area contributed by atoms with Crippen molar-refractivity contribution in [2.24, 2.45) is 0 Å². The van der Waals surface area contributed by atoms with Crippen LogP contribution < -0.4 is 0 Å². The minimum atomic E-state index is -0.325. The molecule has 2 heterocycles. The van der Waals surface area contributed by atoms with Gasteiger partial charge in [0, 0.05) is 5.75 Å². The smallest absolute Gasteiger partial charge is 0.337 e. The molecule has 0 spiro atoms. The van der Waals surface area contributed by atoms with Gasteiger partial charge in [-0.15, -0.1) is 23.1 Å². The van der Waals surface area contributed by atoms with E-state index in [4.69, 9.17) is 9.26 Å². The van der Waals surface area contributed by atoms with Crippen LogP contribution in [-0.4, -0.2) is 23.2 Å². The molecule has 0 saturated carbocycles. The number of methoxy groups -OCH3 is 1.